The Kier molecular flexibility index (Phi) is 7.97. The number of morpholine rings is 1. The lowest BCUT2D eigenvalue weighted by molar-refractivity contribution is 0.0730. The molecule has 0 bridgehead atoms. The maximum atomic E-state index is 12.6. The first kappa shape index (κ1) is 22.1. The number of hydrogen-bond donors (Lipinski definition) is 1. The van der Waals surface area contributed by atoms with E-state index in [-0.39, 0.29) is 10.8 Å². The van der Waals surface area contributed by atoms with Gasteiger partial charge in [0.2, 0.25) is 10.0 Å². The molecule has 2 aromatic carbocycles. The van der Waals surface area contributed by atoms with E-state index < -0.39 is 10.0 Å². The smallest absolute Gasteiger partial charge is 0.251 e. The maximum Gasteiger partial charge on any atom is 0.251 e. The van der Waals surface area contributed by atoms with E-state index >= 15 is 0 Å². The van der Waals surface area contributed by atoms with Crippen LogP contribution < -0.4 is 5.32 Å². The molecule has 1 aliphatic heterocycles. The first-order chi connectivity index (χ1) is 14.0. The molecule has 0 radical (unpaired) electrons. The Morgan fingerprint density at radius 3 is 2.55 bits per heavy atom. The number of benzene rings is 2. The zero-order valence-electron chi connectivity index (χ0n) is 15.8. The van der Waals surface area contributed by atoms with Crippen LogP contribution in [0.25, 0.3) is 0 Å². The fourth-order valence-electron chi connectivity index (χ4n) is 2.87. The van der Waals surface area contributed by atoms with E-state index in [1.165, 1.54) is 16.4 Å². The number of sulfonamides is 1. The molecule has 2 aromatic rings. The normalized spacial score (nSPS) is 15.2. The number of ether oxygens (including phenoxy) is 1. The molecule has 0 aromatic heterocycles. The number of halogens is 1. The zero-order valence-corrected chi connectivity index (χ0v) is 18.2. The van der Waals surface area contributed by atoms with Gasteiger partial charge in [0.25, 0.3) is 5.91 Å². The lowest BCUT2D eigenvalue weighted by atomic mass is 10.2. The second-order valence-corrected chi connectivity index (χ2v) is 9.96. The molecule has 0 saturated carbocycles. The molecule has 29 heavy (non-hydrogen) atoms. The summed E-state index contributed by atoms with van der Waals surface area (Å²) in [5.74, 6) is 1.37. The predicted octanol–water partition coefficient (Wildman–Crippen LogP) is 3.02. The van der Waals surface area contributed by atoms with Crippen molar-refractivity contribution < 1.29 is 17.9 Å². The molecule has 9 heteroatoms. The summed E-state index contributed by atoms with van der Waals surface area (Å²) >= 11 is 7.67. The monoisotopic (exact) mass is 454 g/mol. The highest BCUT2D eigenvalue weighted by Crippen LogP contribution is 2.18. The van der Waals surface area contributed by atoms with Gasteiger partial charge in [0.1, 0.15) is 0 Å². The third-order valence-electron chi connectivity index (χ3n) is 4.41. The number of amides is 1. The quantitative estimate of drug-likeness (QED) is 0.620. The number of thioether (sulfide) groups is 1. The van der Waals surface area contributed by atoms with Gasteiger partial charge < -0.3 is 10.1 Å². The Labute approximate surface area is 180 Å². The van der Waals surface area contributed by atoms with E-state index in [9.17, 15) is 13.2 Å². The van der Waals surface area contributed by atoms with Crippen molar-refractivity contribution >= 4 is 39.3 Å². The molecule has 6 nitrogen and oxygen atoms in total. The summed E-state index contributed by atoms with van der Waals surface area (Å²) in [6, 6.07) is 13.8. The van der Waals surface area contributed by atoms with Gasteiger partial charge in [-0.15, -0.1) is 0 Å². The summed E-state index contributed by atoms with van der Waals surface area (Å²) in [4.78, 5) is 12.5. The van der Waals surface area contributed by atoms with Gasteiger partial charge in [0.05, 0.1) is 18.1 Å². The molecule has 1 amide bonds. The number of rotatable bonds is 8. The minimum Gasteiger partial charge on any atom is -0.379 e. The van der Waals surface area contributed by atoms with Crippen molar-refractivity contribution in [1.82, 2.24) is 9.62 Å². The van der Waals surface area contributed by atoms with Crippen LogP contribution in [-0.4, -0.2) is 57.2 Å². The molecule has 1 fully saturated rings. The highest BCUT2D eigenvalue weighted by molar-refractivity contribution is 7.98. The lowest BCUT2D eigenvalue weighted by Crippen LogP contribution is -2.40. The van der Waals surface area contributed by atoms with Crippen LogP contribution in [0, 0.1) is 0 Å². The van der Waals surface area contributed by atoms with Crippen LogP contribution in [0.4, 0.5) is 0 Å². The highest BCUT2D eigenvalue weighted by Gasteiger charge is 2.26. The molecule has 0 spiro atoms. The zero-order chi connectivity index (χ0) is 20.7. The van der Waals surface area contributed by atoms with Gasteiger partial charge >= 0.3 is 0 Å². The molecule has 1 aliphatic rings. The topological polar surface area (TPSA) is 75.7 Å². The van der Waals surface area contributed by atoms with E-state index in [2.05, 4.69) is 5.32 Å². The molecule has 0 atom stereocenters. The molecule has 0 aliphatic carbocycles. The largest absolute Gasteiger partial charge is 0.379 e. The Balaban J connectivity index is 1.46. The summed E-state index contributed by atoms with van der Waals surface area (Å²) in [6.45, 7) is 2.01. The Morgan fingerprint density at radius 2 is 1.86 bits per heavy atom. The molecular formula is C20H23ClN2O4S2. The van der Waals surface area contributed by atoms with Crippen LogP contribution in [0.3, 0.4) is 0 Å². The number of carbonyl (C=O) groups excluding carboxylic acids is 1. The highest BCUT2D eigenvalue weighted by atomic mass is 35.5. The van der Waals surface area contributed by atoms with E-state index in [0.29, 0.717) is 38.4 Å². The van der Waals surface area contributed by atoms with E-state index in [1.54, 1.807) is 23.9 Å². The fourth-order valence-corrected chi connectivity index (χ4v) is 5.30. The molecule has 1 N–H and O–H groups in total. The van der Waals surface area contributed by atoms with E-state index in [1.807, 2.05) is 24.3 Å². The third kappa shape index (κ3) is 6.20. The molecule has 156 valence electrons. The predicted molar refractivity (Wildman–Crippen MR) is 116 cm³/mol. The molecule has 1 heterocycles. The van der Waals surface area contributed by atoms with Crippen molar-refractivity contribution in [3.63, 3.8) is 0 Å². The summed E-state index contributed by atoms with van der Waals surface area (Å²) < 4.78 is 31.8. The fraction of sp³-hybridized carbons (Fsp3) is 0.350. The summed E-state index contributed by atoms with van der Waals surface area (Å²) in [6.07, 6.45) is 0. The first-order valence-corrected chi connectivity index (χ1v) is 12.2. The lowest BCUT2D eigenvalue weighted by Gasteiger charge is -2.26. The van der Waals surface area contributed by atoms with Gasteiger partial charge in [-0.2, -0.15) is 16.1 Å². The minimum atomic E-state index is -3.55. The first-order valence-electron chi connectivity index (χ1n) is 9.25. The second-order valence-electron chi connectivity index (χ2n) is 6.48. The number of nitrogens with zero attached hydrogens (tertiary/aromatic N) is 1. The standard InChI is InChI=1S/C20H23ClN2O4S2/c21-18-3-1-2-16(14-18)15-28-13-8-22-20(24)17-4-6-19(7-5-17)29(25,26)23-9-11-27-12-10-23/h1-7,14H,8-13,15H2,(H,22,24). The van der Waals surface area contributed by atoms with Crippen molar-refractivity contribution in [3.8, 4) is 0 Å². The third-order valence-corrected chi connectivity index (χ3v) is 7.59. The van der Waals surface area contributed by atoms with Gasteiger partial charge in [-0.3, -0.25) is 4.79 Å². The van der Waals surface area contributed by atoms with Gasteiger partial charge in [-0.1, -0.05) is 23.7 Å². The summed E-state index contributed by atoms with van der Waals surface area (Å²) in [7, 11) is -3.55. The molecule has 3 rings (SSSR count). The average Bonchev–Trinajstić information content (AvgIpc) is 2.74. The van der Waals surface area contributed by atoms with Gasteiger partial charge in [0.15, 0.2) is 0 Å². The van der Waals surface area contributed by atoms with Crippen molar-refractivity contribution in [2.45, 2.75) is 10.6 Å². The Hall–Kier alpha value is -1.58. The van der Waals surface area contributed by atoms with Gasteiger partial charge in [0, 0.05) is 41.7 Å². The SMILES string of the molecule is O=C(NCCSCc1cccc(Cl)c1)c1ccc(S(=O)(=O)N2CCOCC2)cc1. The number of nitrogens with one attached hydrogen (secondary N) is 1. The Morgan fingerprint density at radius 1 is 1.14 bits per heavy atom. The van der Waals surface area contributed by atoms with Crippen molar-refractivity contribution in [3.05, 3.63) is 64.7 Å². The number of carbonyl (C=O) groups is 1. The summed E-state index contributed by atoms with van der Waals surface area (Å²) in [5.41, 5.74) is 1.58. The second kappa shape index (κ2) is 10.4. The van der Waals surface area contributed by atoms with Crippen molar-refractivity contribution in [2.75, 3.05) is 38.6 Å². The molecule has 0 unspecified atom stereocenters. The number of hydrogen-bond acceptors (Lipinski definition) is 5. The Bertz CT molecular complexity index is 930. The van der Waals surface area contributed by atoms with Gasteiger partial charge in [-0.25, -0.2) is 8.42 Å². The van der Waals surface area contributed by atoms with Crippen LogP contribution in [0.1, 0.15) is 15.9 Å². The van der Waals surface area contributed by atoms with Crippen molar-refractivity contribution in [1.29, 1.82) is 0 Å². The van der Waals surface area contributed by atoms with Gasteiger partial charge in [-0.05, 0) is 42.0 Å². The van der Waals surface area contributed by atoms with E-state index in [4.69, 9.17) is 16.3 Å². The van der Waals surface area contributed by atoms with Crippen LogP contribution in [0.5, 0.6) is 0 Å². The molecular weight excluding hydrogens is 432 g/mol. The van der Waals surface area contributed by atoms with Crippen LogP contribution in [0.2, 0.25) is 5.02 Å². The summed E-state index contributed by atoms with van der Waals surface area (Å²) in [5, 5.41) is 3.57. The average molecular weight is 455 g/mol. The van der Waals surface area contributed by atoms with Crippen LogP contribution in [-0.2, 0) is 20.5 Å². The van der Waals surface area contributed by atoms with Crippen LogP contribution >= 0.6 is 23.4 Å². The maximum absolute atomic E-state index is 12.6. The molecule has 1 saturated heterocycles. The van der Waals surface area contributed by atoms with Crippen molar-refractivity contribution in [2.24, 2.45) is 0 Å². The minimum absolute atomic E-state index is 0.188. The van der Waals surface area contributed by atoms with Crippen LogP contribution in [0.15, 0.2) is 53.4 Å². The van der Waals surface area contributed by atoms with E-state index in [0.717, 1.165) is 22.1 Å².